The van der Waals surface area contributed by atoms with Crippen molar-refractivity contribution in [1.82, 2.24) is 25.6 Å². The molecule has 2 aliphatic heterocycles. The third-order valence-corrected chi connectivity index (χ3v) is 12.9. The third kappa shape index (κ3) is 9.41. The van der Waals surface area contributed by atoms with Gasteiger partial charge in [-0.1, -0.05) is 48.7 Å². The molecule has 1 aromatic heterocycles. The molecule has 286 valence electrons. The van der Waals surface area contributed by atoms with Crippen LogP contribution in [0.15, 0.2) is 47.9 Å². The summed E-state index contributed by atoms with van der Waals surface area (Å²) in [5.74, 6) is -2.82. The molecule has 13 nitrogen and oxygen atoms in total. The van der Waals surface area contributed by atoms with Crippen LogP contribution in [0.4, 0.5) is 4.79 Å². The minimum atomic E-state index is -3.90. The van der Waals surface area contributed by atoms with Crippen LogP contribution in [0, 0.1) is 5.92 Å². The Labute approximate surface area is 318 Å². The largest absolute Gasteiger partial charge is 0.444 e. The number of alkyl carbamates (subject to hydrolysis) is 1. The van der Waals surface area contributed by atoms with Gasteiger partial charge in [0.15, 0.2) is 0 Å². The zero-order valence-corrected chi connectivity index (χ0v) is 32.4. The summed E-state index contributed by atoms with van der Waals surface area (Å²) >= 11 is 7.43. The molecule has 53 heavy (non-hydrogen) atoms. The lowest BCUT2D eigenvalue weighted by atomic mass is 10.0. The lowest BCUT2D eigenvalue weighted by Crippen LogP contribution is -2.58. The van der Waals surface area contributed by atoms with Gasteiger partial charge in [0.2, 0.25) is 21.8 Å². The van der Waals surface area contributed by atoms with Crippen LogP contribution < -0.4 is 20.7 Å². The summed E-state index contributed by atoms with van der Waals surface area (Å²) in [5, 5.41) is 10.2. The van der Waals surface area contributed by atoms with E-state index in [1.807, 2.05) is 24.3 Å². The summed E-state index contributed by atoms with van der Waals surface area (Å²) < 4.78 is 33.2. The minimum absolute atomic E-state index is 0.0230. The maximum atomic E-state index is 14.4. The Morgan fingerprint density at radius 3 is 2.47 bits per heavy atom. The number of benzene rings is 1. The number of carbonyl (C=O) groups excluding carboxylic acids is 5. The van der Waals surface area contributed by atoms with Gasteiger partial charge in [-0.05, 0) is 89.5 Å². The number of carbonyl (C=O) groups is 5. The summed E-state index contributed by atoms with van der Waals surface area (Å²) in [7, 11) is -3.90. The first-order valence-electron chi connectivity index (χ1n) is 18.0. The molecule has 4 aliphatic rings. The number of rotatable bonds is 7. The van der Waals surface area contributed by atoms with E-state index in [0.29, 0.717) is 42.7 Å². The third-order valence-electron chi connectivity index (χ3n) is 9.90. The Morgan fingerprint density at radius 1 is 1.04 bits per heavy atom. The highest BCUT2D eigenvalue weighted by Gasteiger charge is 2.62. The fourth-order valence-electron chi connectivity index (χ4n) is 6.84. The standard InChI is InChI=1S/C37H46ClN5O8S2/c1-36(2,3)51-35(48)40-28-10-8-6-4-5-7-9-24-19-37(24,34(47)42-53(49,50)27-15-16-27)41-32(45)29-18-26(20-43(29)33(28)46)39-31(44)23-17-30(52-21-23)22-11-13-25(38)14-12-22/h7,9,11-14,17,21,24,26-29H,4-6,8,10,15-16,18-20H2,1-3H3,(H,39,44)(H,40,48)(H,41,45)(H,42,47)/t24-,26-,28+,29+,37-/m1/s1. The highest BCUT2D eigenvalue weighted by molar-refractivity contribution is 7.91. The van der Waals surface area contributed by atoms with Crippen molar-refractivity contribution in [2.24, 2.45) is 5.92 Å². The number of fused-ring (bicyclic) bond motifs is 2. The van der Waals surface area contributed by atoms with E-state index >= 15 is 0 Å². The lowest BCUT2D eigenvalue weighted by molar-refractivity contribution is -0.141. The number of halogens is 1. The summed E-state index contributed by atoms with van der Waals surface area (Å²) in [5.41, 5.74) is -1.03. The van der Waals surface area contributed by atoms with E-state index in [9.17, 15) is 32.4 Å². The number of amides is 5. The normalized spacial score (nSPS) is 26.6. The number of sulfonamides is 1. The van der Waals surface area contributed by atoms with E-state index in [1.54, 1.807) is 44.4 Å². The Morgan fingerprint density at radius 2 is 1.77 bits per heavy atom. The van der Waals surface area contributed by atoms with Crippen LogP contribution >= 0.6 is 22.9 Å². The molecule has 5 amide bonds. The zero-order valence-electron chi connectivity index (χ0n) is 30.0. The van der Waals surface area contributed by atoms with Gasteiger partial charge in [-0.25, -0.2) is 13.2 Å². The number of hydrogen-bond donors (Lipinski definition) is 4. The lowest BCUT2D eigenvalue weighted by Gasteiger charge is -2.30. The van der Waals surface area contributed by atoms with Gasteiger partial charge in [-0.15, -0.1) is 11.3 Å². The summed E-state index contributed by atoms with van der Waals surface area (Å²) in [6.07, 6.45) is 7.25. The van der Waals surface area contributed by atoms with E-state index in [0.717, 1.165) is 23.3 Å². The molecule has 6 rings (SSSR count). The van der Waals surface area contributed by atoms with Gasteiger partial charge in [-0.3, -0.25) is 23.9 Å². The highest BCUT2D eigenvalue weighted by Crippen LogP contribution is 2.46. The van der Waals surface area contributed by atoms with Gasteiger partial charge in [0.1, 0.15) is 23.2 Å². The van der Waals surface area contributed by atoms with Crippen molar-refractivity contribution in [2.75, 3.05) is 6.54 Å². The van der Waals surface area contributed by atoms with Crippen molar-refractivity contribution >= 4 is 62.7 Å². The van der Waals surface area contributed by atoms with Crippen molar-refractivity contribution in [3.8, 4) is 10.4 Å². The van der Waals surface area contributed by atoms with Crippen molar-refractivity contribution in [1.29, 1.82) is 0 Å². The second-order valence-electron chi connectivity index (χ2n) is 15.3. The van der Waals surface area contributed by atoms with Gasteiger partial charge in [0.25, 0.3) is 11.8 Å². The van der Waals surface area contributed by atoms with Gasteiger partial charge < -0.3 is 25.6 Å². The monoisotopic (exact) mass is 787 g/mol. The Balaban J connectivity index is 1.26. The van der Waals surface area contributed by atoms with Gasteiger partial charge >= 0.3 is 6.09 Å². The van der Waals surface area contributed by atoms with Crippen molar-refractivity contribution in [2.45, 2.75) is 113 Å². The first kappa shape index (κ1) is 38.8. The van der Waals surface area contributed by atoms with Crippen LogP contribution in [-0.2, 0) is 29.1 Å². The molecule has 2 aromatic rings. The number of nitrogens with one attached hydrogen (secondary N) is 4. The molecule has 0 radical (unpaired) electrons. The van der Waals surface area contributed by atoms with E-state index in [1.165, 1.54) is 16.2 Å². The van der Waals surface area contributed by atoms with Crippen LogP contribution in [0.2, 0.25) is 5.02 Å². The Hall–Kier alpha value is -3.95. The zero-order chi connectivity index (χ0) is 38.1. The minimum Gasteiger partial charge on any atom is -0.444 e. The summed E-state index contributed by atoms with van der Waals surface area (Å²) in [4.78, 5) is 70.9. The van der Waals surface area contributed by atoms with Gasteiger partial charge in [0, 0.05) is 33.8 Å². The molecule has 1 saturated heterocycles. The quantitative estimate of drug-likeness (QED) is 0.293. The maximum absolute atomic E-state index is 14.4. The average molecular weight is 788 g/mol. The number of allylic oxidation sites excluding steroid dienone is 1. The summed E-state index contributed by atoms with van der Waals surface area (Å²) in [6, 6.07) is 6.20. The maximum Gasteiger partial charge on any atom is 0.408 e. The number of hydrogen-bond acceptors (Lipinski definition) is 9. The first-order valence-corrected chi connectivity index (χ1v) is 20.8. The molecule has 0 bridgehead atoms. The van der Waals surface area contributed by atoms with Gasteiger partial charge in [-0.2, -0.15) is 0 Å². The fraction of sp³-hybridized carbons (Fsp3) is 0.541. The smallest absolute Gasteiger partial charge is 0.408 e. The fourth-order valence-corrected chi connectivity index (χ4v) is 9.23. The Bertz CT molecular complexity index is 1890. The van der Waals surface area contributed by atoms with Crippen molar-refractivity contribution in [3.63, 3.8) is 0 Å². The molecule has 2 saturated carbocycles. The molecule has 3 fully saturated rings. The van der Waals surface area contributed by atoms with Crippen molar-refractivity contribution in [3.05, 3.63) is 58.5 Å². The molecule has 4 N–H and O–H groups in total. The second-order valence-corrected chi connectivity index (χ2v) is 18.6. The Kier molecular flexibility index (Phi) is 11.3. The molecule has 0 spiro atoms. The highest BCUT2D eigenvalue weighted by atomic mass is 35.5. The topological polar surface area (TPSA) is 180 Å². The second kappa shape index (κ2) is 15.4. The van der Waals surface area contributed by atoms with Crippen LogP contribution in [-0.4, -0.2) is 84.1 Å². The van der Waals surface area contributed by atoms with E-state index < -0.39 is 74.3 Å². The van der Waals surface area contributed by atoms with Crippen LogP contribution in [0.3, 0.4) is 0 Å². The average Bonchev–Trinajstić information content (AvgIpc) is 3.96. The van der Waals surface area contributed by atoms with E-state index in [4.69, 9.17) is 16.3 Å². The molecule has 3 heterocycles. The molecule has 0 unspecified atom stereocenters. The van der Waals surface area contributed by atoms with E-state index in [-0.39, 0.29) is 25.3 Å². The van der Waals surface area contributed by atoms with E-state index in [2.05, 4.69) is 20.7 Å². The predicted octanol–water partition coefficient (Wildman–Crippen LogP) is 4.66. The SMILES string of the molecule is CC(C)(C)OC(=O)N[C@H]1CCCCCC=C[C@@H]2C[C@@]2(C(=O)NS(=O)(=O)C2CC2)NC(=O)[C@@H]2C[C@@H](NC(=O)c3csc(-c4ccc(Cl)cc4)c3)CN2C1=O. The van der Waals surface area contributed by atoms with Crippen molar-refractivity contribution < 1.29 is 37.1 Å². The molecular weight excluding hydrogens is 742 g/mol. The van der Waals surface area contributed by atoms with Crippen LogP contribution in [0.5, 0.6) is 0 Å². The predicted molar refractivity (Wildman–Crippen MR) is 201 cm³/mol. The van der Waals surface area contributed by atoms with Crippen LogP contribution in [0.1, 0.15) is 88.9 Å². The van der Waals surface area contributed by atoms with Gasteiger partial charge in [0.05, 0.1) is 10.8 Å². The molecular formula is C37H46ClN5O8S2. The number of thiophene rings is 1. The number of ether oxygens (including phenoxy) is 1. The summed E-state index contributed by atoms with van der Waals surface area (Å²) in [6.45, 7) is 5.10. The molecule has 1 aromatic carbocycles. The molecule has 2 aliphatic carbocycles. The number of nitrogens with zero attached hydrogens (tertiary/aromatic N) is 1. The van der Waals surface area contributed by atoms with Crippen LogP contribution in [0.25, 0.3) is 10.4 Å². The first-order chi connectivity index (χ1) is 25.0. The molecule has 16 heteroatoms. The molecule has 5 atom stereocenters.